The maximum absolute atomic E-state index is 13.0. The minimum absolute atomic E-state index is 0.0363. The predicted octanol–water partition coefficient (Wildman–Crippen LogP) is 7.05. The van der Waals surface area contributed by atoms with E-state index in [1.807, 2.05) is 13.0 Å². The third kappa shape index (κ3) is 4.61. The van der Waals surface area contributed by atoms with Gasteiger partial charge in [-0.15, -0.1) is 11.3 Å². The molecule has 1 atom stereocenters. The number of rotatable bonds is 6. The number of nitrogens with two attached hydrogens (primary N) is 1. The van der Waals surface area contributed by atoms with Crippen molar-refractivity contribution in [2.24, 2.45) is 5.73 Å². The van der Waals surface area contributed by atoms with Crippen LogP contribution in [0.4, 0.5) is 0 Å². The standard InChI is InChI=1S/C28H20Cl2N2O5S/c1-3-35-20-9-4-14(10-22(20)34-2)24-17-8-6-16(12-21(17)37-27(32)19(24)13-31)36-28(33)26-25(30)18-7-5-15(29)11-23(18)38-26/h4-12,24H,3,32H2,1-2H3. The highest BCUT2D eigenvalue weighted by atomic mass is 35.5. The van der Waals surface area contributed by atoms with Crippen LogP contribution in [0.3, 0.4) is 0 Å². The van der Waals surface area contributed by atoms with Gasteiger partial charge in [-0.3, -0.25) is 0 Å². The summed E-state index contributed by atoms with van der Waals surface area (Å²) in [7, 11) is 1.55. The van der Waals surface area contributed by atoms with E-state index in [2.05, 4.69) is 6.07 Å². The van der Waals surface area contributed by atoms with E-state index in [-0.39, 0.29) is 22.1 Å². The topological polar surface area (TPSA) is 104 Å². The number of hydrogen-bond donors (Lipinski definition) is 1. The molecular formula is C28H20Cl2N2O5S. The molecule has 0 saturated carbocycles. The molecule has 192 valence electrons. The molecule has 0 fully saturated rings. The predicted molar refractivity (Wildman–Crippen MR) is 147 cm³/mol. The minimum Gasteiger partial charge on any atom is -0.493 e. The van der Waals surface area contributed by atoms with Gasteiger partial charge in [0.1, 0.15) is 28.0 Å². The van der Waals surface area contributed by atoms with Gasteiger partial charge in [0.25, 0.3) is 0 Å². The number of nitrogens with zero attached hydrogens (tertiary/aromatic N) is 1. The number of nitriles is 1. The fraction of sp³-hybridized carbons (Fsp3) is 0.143. The second kappa shape index (κ2) is 10.5. The van der Waals surface area contributed by atoms with E-state index in [0.717, 1.165) is 15.6 Å². The number of hydrogen-bond acceptors (Lipinski definition) is 8. The highest BCUT2D eigenvalue weighted by Crippen LogP contribution is 2.45. The molecule has 0 radical (unpaired) electrons. The van der Waals surface area contributed by atoms with Gasteiger partial charge in [-0.05, 0) is 42.8 Å². The van der Waals surface area contributed by atoms with Gasteiger partial charge < -0.3 is 24.7 Å². The number of allylic oxidation sites excluding steroid dienone is 1. The molecule has 0 saturated heterocycles. The Morgan fingerprint density at radius 2 is 1.95 bits per heavy atom. The summed E-state index contributed by atoms with van der Waals surface area (Å²) in [5.74, 6) is 0.532. The van der Waals surface area contributed by atoms with Crippen LogP contribution in [0.1, 0.15) is 33.6 Å². The van der Waals surface area contributed by atoms with Crippen LogP contribution in [0.15, 0.2) is 66.1 Å². The van der Waals surface area contributed by atoms with Gasteiger partial charge in [-0.25, -0.2) is 4.79 Å². The molecule has 7 nitrogen and oxygen atoms in total. The molecule has 3 aromatic carbocycles. The summed E-state index contributed by atoms with van der Waals surface area (Å²) in [6, 6.07) is 17.8. The van der Waals surface area contributed by atoms with Crippen molar-refractivity contribution in [1.82, 2.24) is 0 Å². The van der Waals surface area contributed by atoms with Gasteiger partial charge in [0.05, 0.1) is 24.7 Å². The number of halogens is 2. The van der Waals surface area contributed by atoms with E-state index in [9.17, 15) is 10.1 Å². The summed E-state index contributed by atoms with van der Waals surface area (Å²) in [4.78, 5) is 13.2. The Kier molecular flexibility index (Phi) is 7.09. The Labute approximate surface area is 232 Å². The van der Waals surface area contributed by atoms with Gasteiger partial charge in [0.15, 0.2) is 11.5 Å². The lowest BCUT2D eigenvalue weighted by Crippen LogP contribution is -2.21. The van der Waals surface area contributed by atoms with Gasteiger partial charge in [0, 0.05) is 26.7 Å². The Hall–Kier alpha value is -3.90. The van der Waals surface area contributed by atoms with Crippen molar-refractivity contribution in [3.05, 3.63) is 92.1 Å². The lowest BCUT2D eigenvalue weighted by Gasteiger charge is -2.27. The van der Waals surface area contributed by atoms with Crippen molar-refractivity contribution in [1.29, 1.82) is 5.26 Å². The first kappa shape index (κ1) is 25.7. The monoisotopic (exact) mass is 566 g/mol. The van der Waals surface area contributed by atoms with Crippen LogP contribution < -0.4 is 24.7 Å². The summed E-state index contributed by atoms with van der Waals surface area (Å²) < 4.78 is 23.3. The smallest absolute Gasteiger partial charge is 0.355 e. The first-order valence-corrected chi connectivity index (χ1v) is 13.0. The van der Waals surface area contributed by atoms with E-state index in [1.165, 1.54) is 11.3 Å². The molecule has 10 heteroatoms. The average Bonchev–Trinajstić information content (AvgIpc) is 3.23. The fourth-order valence-electron chi connectivity index (χ4n) is 4.30. The van der Waals surface area contributed by atoms with E-state index < -0.39 is 11.9 Å². The lowest BCUT2D eigenvalue weighted by atomic mass is 9.83. The Bertz CT molecular complexity index is 1660. The maximum Gasteiger partial charge on any atom is 0.355 e. The van der Waals surface area contributed by atoms with Crippen LogP contribution in [0.25, 0.3) is 10.1 Å². The van der Waals surface area contributed by atoms with Crippen LogP contribution in [0, 0.1) is 11.3 Å². The molecule has 38 heavy (non-hydrogen) atoms. The highest BCUT2D eigenvalue weighted by Gasteiger charge is 2.32. The number of thiophene rings is 1. The summed E-state index contributed by atoms with van der Waals surface area (Å²) in [6.07, 6.45) is 0. The molecule has 1 aliphatic heterocycles. The second-order valence-electron chi connectivity index (χ2n) is 8.24. The van der Waals surface area contributed by atoms with E-state index in [1.54, 1.807) is 55.6 Å². The second-order valence-corrected chi connectivity index (χ2v) is 10.1. The Balaban J connectivity index is 1.49. The van der Waals surface area contributed by atoms with Crippen LogP contribution in [0.5, 0.6) is 23.0 Å². The van der Waals surface area contributed by atoms with Crippen LogP contribution in [-0.4, -0.2) is 19.7 Å². The van der Waals surface area contributed by atoms with Crippen molar-refractivity contribution in [3.8, 4) is 29.1 Å². The summed E-state index contributed by atoms with van der Waals surface area (Å²) in [6.45, 7) is 2.36. The van der Waals surface area contributed by atoms with E-state index in [0.29, 0.717) is 39.5 Å². The molecule has 2 N–H and O–H groups in total. The van der Waals surface area contributed by atoms with Crippen LogP contribution in [0.2, 0.25) is 10.0 Å². The zero-order valence-electron chi connectivity index (χ0n) is 20.2. The summed E-state index contributed by atoms with van der Waals surface area (Å²) >= 11 is 13.7. The van der Waals surface area contributed by atoms with Gasteiger partial charge >= 0.3 is 5.97 Å². The number of fused-ring (bicyclic) bond motifs is 2. The lowest BCUT2D eigenvalue weighted by molar-refractivity contribution is 0.0740. The van der Waals surface area contributed by atoms with Crippen LogP contribution in [-0.2, 0) is 0 Å². The molecule has 5 rings (SSSR count). The quantitative estimate of drug-likeness (QED) is 0.197. The van der Waals surface area contributed by atoms with Crippen molar-refractivity contribution < 1.29 is 23.7 Å². The largest absolute Gasteiger partial charge is 0.493 e. The van der Waals surface area contributed by atoms with E-state index in [4.69, 9.17) is 47.9 Å². The SMILES string of the molecule is CCOc1ccc(C2C(C#N)=C(N)Oc3cc(OC(=O)c4sc5cc(Cl)ccc5c4Cl)ccc32)cc1OC. The van der Waals surface area contributed by atoms with Crippen molar-refractivity contribution in [2.75, 3.05) is 13.7 Å². The number of esters is 1. The number of ether oxygens (including phenoxy) is 4. The molecule has 0 bridgehead atoms. The van der Waals surface area contributed by atoms with Gasteiger partial charge in [-0.2, -0.15) is 5.26 Å². The third-order valence-electron chi connectivity index (χ3n) is 6.00. The molecule has 1 aliphatic rings. The average molecular weight is 567 g/mol. The van der Waals surface area contributed by atoms with Crippen molar-refractivity contribution >= 4 is 50.6 Å². The zero-order chi connectivity index (χ0) is 27.0. The number of carbonyl (C=O) groups is 1. The fourth-order valence-corrected chi connectivity index (χ4v) is 5.97. The first-order valence-electron chi connectivity index (χ1n) is 11.5. The van der Waals surface area contributed by atoms with Crippen LogP contribution >= 0.6 is 34.5 Å². The zero-order valence-corrected chi connectivity index (χ0v) is 22.5. The first-order chi connectivity index (χ1) is 18.3. The molecule has 1 aromatic heterocycles. The van der Waals surface area contributed by atoms with E-state index >= 15 is 0 Å². The molecule has 4 aromatic rings. The highest BCUT2D eigenvalue weighted by molar-refractivity contribution is 7.21. The Morgan fingerprint density at radius 1 is 1.13 bits per heavy atom. The van der Waals surface area contributed by atoms with Crippen molar-refractivity contribution in [2.45, 2.75) is 12.8 Å². The summed E-state index contributed by atoms with van der Waals surface area (Å²) in [5, 5.41) is 11.4. The molecule has 1 unspecified atom stereocenters. The van der Waals surface area contributed by atoms with Crippen molar-refractivity contribution in [3.63, 3.8) is 0 Å². The molecule has 0 amide bonds. The van der Waals surface area contributed by atoms with Gasteiger partial charge in [0.2, 0.25) is 5.88 Å². The molecule has 2 heterocycles. The maximum atomic E-state index is 13.0. The molecule has 0 spiro atoms. The minimum atomic E-state index is -0.614. The molecule has 0 aliphatic carbocycles. The number of methoxy groups -OCH3 is 1. The summed E-state index contributed by atoms with van der Waals surface area (Å²) in [5.41, 5.74) is 7.83. The van der Waals surface area contributed by atoms with Gasteiger partial charge in [-0.1, -0.05) is 41.4 Å². The number of carbonyl (C=O) groups excluding carboxylic acids is 1. The Morgan fingerprint density at radius 3 is 2.68 bits per heavy atom. The third-order valence-corrected chi connectivity index (χ3v) is 7.87. The molecular weight excluding hydrogens is 547 g/mol. The normalized spacial score (nSPS) is 14.4. The number of benzene rings is 3.